The monoisotopic (exact) mass is 394 g/mol. The normalized spacial score (nSPS) is 16.9. The van der Waals surface area contributed by atoms with Crippen molar-refractivity contribution in [3.63, 3.8) is 0 Å². The molecule has 1 atom stereocenters. The number of hydrogen-bond acceptors (Lipinski definition) is 3. The first-order valence-electron chi connectivity index (χ1n) is 8.76. The van der Waals surface area contributed by atoms with E-state index in [2.05, 4.69) is 0 Å². The maximum absolute atomic E-state index is 13.6. The maximum atomic E-state index is 13.6. The molecule has 144 valence electrons. The second kappa shape index (κ2) is 8.80. The topological polar surface area (TPSA) is 23.6 Å². The van der Waals surface area contributed by atoms with Crippen molar-refractivity contribution in [2.24, 2.45) is 0 Å². The summed E-state index contributed by atoms with van der Waals surface area (Å²) in [5.74, 6) is 0.262. The fraction of sp³-hybridized carbons (Fsp3) is 0.350. The number of benzene rings is 2. The van der Waals surface area contributed by atoms with E-state index in [9.17, 15) is 18.0 Å². The van der Waals surface area contributed by atoms with Gasteiger partial charge in [0.1, 0.15) is 6.04 Å². The van der Waals surface area contributed by atoms with Gasteiger partial charge in [-0.25, -0.2) is 0 Å². The molecule has 0 spiro atoms. The third-order valence-corrected chi connectivity index (χ3v) is 5.56. The Labute approximate surface area is 161 Å². The van der Waals surface area contributed by atoms with Crippen molar-refractivity contribution < 1.29 is 18.0 Å². The summed E-state index contributed by atoms with van der Waals surface area (Å²) in [5, 5.41) is 0. The number of carbonyl (C=O) groups is 1. The fourth-order valence-corrected chi connectivity index (χ4v) is 4.05. The van der Waals surface area contributed by atoms with Crippen LogP contribution in [0.3, 0.4) is 0 Å². The van der Waals surface area contributed by atoms with E-state index in [1.807, 2.05) is 30.3 Å². The van der Waals surface area contributed by atoms with Gasteiger partial charge in [0.25, 0.3) is 0 Å². The SMILES string of the molecule is O=C(CSc1ccccc1)N1CCN(C(c2ccccc2)C(F)(F)F)CC1. The largest absolute Gasteiger partial charge is 0.408 e. The van der Waals surface area contributed by atoms with Crippen molar-refractivity contribution in [1.29, 1.82) is 0 Å². The van der Waals surface area contributed by atoms with E-state index < -0.39 is 12.2 Å². The molecule has 1 aliphatic rings. The summed E-state index contributed by atoms with van der Waals surface area (Å²) in [6.45, 7) is 1.04. The van der Waals surface area contributed by atoms with Gasteiger partial charge in [0.2, 0.25) is 5.91 Å². The molecule has 0 radical (unpaired) electrons. The zero-order chi connectivity index (χ0) is 19.3. The van der Waals surface area contributed by atoms with Crippen molar-refractivity contribution in [2.45, 2.75) is 17.1 Å². The van der Waals surface area contributed by atoms with Gasteiger partial charge in [-0.1, -0.05) is 48.5 Å². The molecule has 1 saturated heterocycles. The van der Waals surface area contributed by atoms with Gasteiger partial charge in [-0.15, -0.1) is 11.8 Å². The quantitative estimate of drug-likeness (QED) is 0.710. The van der Waals surface area contributed by atoms with Crippen LogP contribution >= 0.6 is 11.8 Å². The standard InChI is InChI=1S/C20H21F3N2OS/c21-20(22,23)19(16-7-3-1-4-8-16)25-13-11-24(12-14-25)18(26)15-27-17-9-5-2-6-10-17/h1-10,19H,11-15H2. The van der Waals surface area contributed by atoms with Gasteiger partial charge in [-0.3, -0.25) is 9.69 Å². The van der Waals surface area contributed by atoms with Gasteiger partial charge in [-0.05, 0) is 17.7 Å². The number of carbonyl (C=O) groups excluding carboxylic acids is 1. The third-order valence-electron chi connectivity index (χ3n) is 4.56. The summed E-state index contributed by atoms with van der Waals surface area (Å²) < 4.78 is 40.9. The summed E-state index contributed by atoms with van der Waals surface area (Å²) in [5.41, 5.74) is 0.240. The van der Waals surface area contributed by atoms with Crippen LogP contribution in [-0.4, -0.2) is 53.8 Å². The highest BCUT2D eigenvalue weighted by Gasteiger charge is 2.45. The molecule has 2 aromatic rings. The molecule has 3 rings (SSSR count). The van der Waals surface area contributed by atoms with Crippen LogP contribution in [0.4, 0.5) is 13.2 Å². The Kier molecular flexibility index (Phi) is 6.44. The molecular formula is C20H21F3N2OS. The predicted octanol–water partition coefficient (Wildman–Crippen LogP) is 4.23. The molecule has 0 aromatic heterocycles. The van der Waals surface area contributed by atoms with E-state index in [1.165, 1.54) is 28.8 Å². The number of alkyl halides is 3. The van der Waals surface area contributed by atoms with Crippen LogP contribution in [0.2, 0.25) is 0 Å². The Bertz CT molecular complexity index is 732. The van der Waals surface area contributed by atoms with Gasteiger partial charge < -0.3 is 4.90 Å². The van der Waals surface area contributed by atoms with E-state index in [-0.39, 0.29) is 24.6 Å². The average molecular weight is 394 g/mol. The lowest BCUT2D eigenvalue weighted by molar-refractivity contribution is -0.190. The first-order chi connectivity index (χ1) is 12.9. The molecule has 0 aliphatic carbocycles. The van der Waals surface area contributed by atoms with E-state index in [0.29, 0.717) is 18.8 Å². The molecule has 0 N–H and O–H groups in total. The van der Waals surface area contributed by atoms with Gasteiger partial charge in [0.15, 0.2) is 0 Å². The van der Waals surface area contributed by atoms with E-state index in [4.69, 9.17) is 0 Å². The lowest BCUT2D eigenvalue weighted by atomic mass is 10.0. The number of thioether (sulfide) groups is 1. The lowest BCUT2D eigenvalue weighted by Crippen LogP contribution is -2.52. The van der Waals surface area contributed by atoms with Crippen LogP contribution in [0.15, 0.2) is 65.6 Å². The van der Waals surface area contributed by atoms with Crippen LogP contribution < -0.4 is 0 Å². The Hall–Kier alpha value is -1.99. The number of rotatable bonds is 5. The zero-order valence-electron chi connectivity index (χ0n) is 14.7. The Balaban J connectivity index is 1.57. The highest BCUT2D eigenvalue weighted by Crippen LogP contribution is 2.38. The molecule has 27 heavy (non-hydrogen) atoms. The Morgan fingerprint density at radius 1 is 0.926 bits per heavy atom. The molecular weight excluding hydrogens is 373 g/mol. The summed E-state index contributed by atoms with van der Waals surface area (Å²) in [7, 11) is 0. The number of piperazine rings is 1. The minimum Gasteiger partial charge on any atom is -0.339 e. The molecule has 1 heterocycles. The molecule has 0 saturated carbocycles. The molecule has 1 unspecified atom stereocenters. The van der Waals surface area contributed by atoms with E-state index >= 15 is 0 Å². The summed E-state index contributed by atoms with van der Waals surface area (Å²) in [4.78, 5) is 16.5. The minimum absolute atomic E-state index is 0.0354. The summed E-state index contributed by atoms with van der Waals surface area (Å²) in [6.07, 6.45) is -4.35. The second-order valence-corrected chi connectivity index (χ2v) is 7.42. The van der Waals surface area contributed by atoms with Gasteiger partial charge in [0, 0.05) is 31.1 Å². The summed E-state index contributed by atoms with van der Waals surface area (Å²) >= 11 is 1.45. The molecule has 1 aliphatic heterocycles. The predicted molar refractivity (Wildman–Crippen MR) is 101 cm³/mol. The number of amides is 1. The molecule has 3 nitrogen and oxygen atoms in total. The first kappa shape index (κ1) is 19.8. The van der Waals surface area contributed by atoms with E-state index in [0.717, 1.165) is 4.90 Å². The first-order valence-corrected chi connectivity index (χ1v) is 9.75. The van der Waals surface area contributed by atoms with Crippen LogP contribution in [0.25, 0.3) is 0 Å². The molecule has 2 aromatic carbocycles. The van der Waals surface area contributed by atoms with Gasteiger partial charge in [-0.2, -0.15) is 13.2 Å². The maximum Gasteiger partial charge on any atom is 0.408 e. The molecule has 1 fully saturated rings. The zero-order valence-corrected chi connectivity index (χ0v) is 15.5. The van der Waals surface area contributed by atoms with E-state index in [1.54, 1.807) is 23.1 Å². The van der Waals surface area contributed by atoms with Gasteiger partial charge in [0.05, 0.1) is 5.75 Å². The molecule has 0 bridgehead atoms. The Morgan fingerprint density at radius 2 is 1.48 bits per heavy atom. The highest BCUT2D eigenvalue weighted by atomic mass is 32.2. The number of hydrogen-bond donors (Lipinski definition) is 0. The summed E-state index contributed by atoms with van der Waals surface area (Å²) in [6, 6.07) is 15.9. The van der Waals surface area contributed by atoms with Crippen molar-refractivity contribution in [2.75, 3.05) is 31.9 Å². The lowest BCUT2D eigenvalue weighted by Gasteiger charge is -2.40. The second-order valence-electron chi connectivity index (χ2n) is 6.37. The smallest absolute Gasteiger partial charge is 0.339 e. The van der Waals surface area contributed by atoms with Crippen LogP contribution in [0.1, 0.15) is 11.6 Å². The molecule has 7 heteroatoms. The number of halogens is 3. The van der Waals surface area contributed by atoms with Crippen molar-refractivity contribution in [3.05, 3.63) is 66.2 Å². The van der Waals surface area contributed by atoms with Gasteiger partial charge >= 0.3 is 6.18 Å². The van der Waals surface area contributed by atoms with Crippen LogP contribution in [0, 0.1) is 0 Å². The average Bonchev–Trinajstić information content (AvgIpc) is 2.67. The highest BCUT2D eigenvalue weighted by molar-refractivity contribution is 8.00. The molecule has 1 amide bonds. The van der Waals surface area contributed by atoms with Crippen molar-refractivity contribution in [1.82, 2.24) is 9.80 Å². The Morgan fingerprint density at radius 3 is 2.04 bits per heavy atom. The fourth-order valence-electron chi connectivity index (χ4n) is 3.22. The third kappa shape index (κ3) is 5.26. The van der Waals surface area contributed by atoms with Crippen LogP contribution in [0.5, 0.6) is 0 Å². The van der Waals surface area contributed by atoms with Crippen LogP contribution in [-0.2, 0) is 4.79 Å². The van der Waals surface area contributed by atoms with Crippen molar-refractivity contribution in [3.8, 4) is 0 Å². The van der Waals surface area contributed by atoms with Crippen molar-refractivity contribution >= 4 is 17.7 Å². The minimum atomic E-state index is -4.35. The number of nitrogens with zero attached hydrogens (tertiary/aromatic N) is 2.